The number of rotatable bonds is 7. The smallest absolute Gasteiger partial charge is 0.234 e. The minimum Gasteiger partial charge on any atom is -0.383 e. The van der Waals surface area contributed by atoms with Crippen molar-refractivity contribution < 1.29 is 9.53 Å². The molecular formula is C16H22N2O2S. The highest BCUT2D eigenvalue weighted by Crippen LogP contribution is 2.34. The van der Waals surface area contributed by atoms with Crippen molar-refractivity contribution in [1.29, 1.82) is 0 Å². The van der Waals surface area contributed by atoms with Crippen molar-refractivity contribution in [2.75, 3.05) is 26.8 Å². The maximum Gasteiger partial charge on any atom is 0.234 e. The second kappa shape index (κ2) is 7.54. The van der Waals surface area contributed by atoms with Gasteiger partial charge in [0.2, 0.25) is 5.91 Å². The molecule has 1 amide bonds. The fourth-order valence-corrected chi connectivity index (χ4v) is 3.54. The Morgan fingerprint density at radius 3 is 2.86 bits per heavy atom. The van der Waals surface area contributed by atoms with Crippen molar-refractivity contribution >= 4 is 27.3 Å². The van der Waals surface area contributed by atoms with Crippen molar-refractivity contribution in [2.24, 2.45) is 0 Å². The van der Waals surface area contributed by atoms with Gasteiger partial charge in [0.05, 0.1) is 13.2 Å². The van der Waals surface area contributed by atoms with Gasteiger partial charge in [-0.05, 0) is 30.9 Å². The molecule has 0 saturated carbocycles. The Labute approximate surface area is 129 Å². The lowest BCUT2D eigenvalue weighted by atomic mass is 10.1. The average Bonchev–Trinajstić information content (AvgIpc) is 2.83. The Kier molecular flexibility index (Phi) is 5.73. The number of aryl methyl sites for hydroxylation is 1. The largest absolute Gasteiger partial charge is 0.383 e. The van der Waals surface area contributed by atoms with E-state index in [-0.39, 0.29) is 11.9 Å². The number of carbonyl (C=O) groups is 1. The van der Waals surface area contributed by atoms with E-state index in [0.29, 0.717) is 19.7 Å². The molecular weight excluding hydrogens is 284 g/mol. The summed E-state index contributed by atoms with van der Waals surface area (Å²) in [5.41, 5.74) is 1.30. The van der Waals surface area contributed by atoms with Crippen molar-refractivity contribution in [3.63, 3.8) is 0 Å². The van der Waals surface area contributed by atoms with E-state index in [1.165, 1.54) is 20.5 Å². The standard InChI is InChI=1S/C16H22N2O2S/c1-11-13-6-4-5-7-14(13)21-16(11)12(2)18-10-15(19)17-8-9-20-3/h4-7,12,18H,8-10H2,1-3H3,(H,17,19). The molecule has 4 nitrogen and oxygen atoms in total. The van der Waals surface area contributed by atoms with E-state index in [1.807, 2.05) is 0 Å². The second-order valence-corrected chi connectivity index (χ2v) is 6.12. The van der Waals surface area contributed by atoms with Gasteiger partial charge in [-0.2, -0.15) is 0 Å². The first-order valence-electron chi connectivity index (χ1n) is 7.10. The van der Waals surface area contributed by atoms with Crippen LogP contribution in [0.5, 0.6) is 0 Å². The van der Waals surface area contributed by atoms with Gasteiger partial charge in [0.25, 0.3) is 0 Å². The number of methoxy groups -OCH3 is 1. The summed E-state index contributed by atoms with van der Waals surface area (Å²) in [6.45, 7) is 5.65. The van der Waals surface area contributed by atoms with Gasteiger partial charge in [-0.15, -0.1) is 11.3 Å². The third-order valence-corrected chi connectivity index (χ3v) is 4.93. The van der Waals surface area contributed by atoms with Gasteiger partial charge in [-0.1, -0.05) is 18.2 Å². The monoisotopic (exact) mass is 306 g/mol. The lowest BCUT2D eigenvalue weighted by Crippen LogP contribution is -2.36. The van der Waals surface area contributed by atoms with Crippen molar-refractivity contribution in [3.8, 4) is 0 Å². The lowest BCUT2D eigenvalue weighted by Gasteiger charge is -2.13. The fourth-order valence-electron chi connectivity index (χ4n) is 2.30. The van der Waals surface area contributed by atoms with E-state index < -0.39 is 0 Å². The highest BCUT2D eigenvalue weighted by molar-refractivity contribution is 7.19. The molecule has 1 heterocycles. The highest BCUT2D eigenvalue weighted by atomic mass is 32.1. The number of carbonyl (C=O) groups excluding carboxylic acids is 1. The topological polar surface area (TPSA) is 50.4 Å². The number of hydrogen-bond donors (Lipinski definition) is 2. The minimum atomic E-state index is -0.00216. The van der Waals surface area contributed by atoms with Gasteiger partial charge in [0.15, 0.2) is 0 Å². The molecule has 1 atom stereocenters. The van der Waals surface area contributed by atoms with Crippen LogP contribution in [0, 0.1) is 6.92 Å². The van der Waals surface area contributed by atoms with Crippen LogP contribution in [0.25, 0.3) is 10.1 Å². The number of amides is 1. The van der Waals surface area contributed by atoms with Crippen LogP contribution in [0.4, 0.5) is 0 Å². The molecule has 0 radical (unpaired) electrons. The normalized spacial score (nSPS) is 12.5. The summed E-state index contributed by atoms with van der Waals surface area (Å²) in [5.74, 6) is -0.00216. The zero-order valence-electron chi connectivity index (χ0n) is 12.7. The van der Waals surface area contributed by atoms with E-state index in [4.69, 9.17) is 4.74 Å². The SMILES string of the molecule is COCCNC(=O)CNC(C)c1sc2ccccc2c1C. The van der Waals surface area contributed by atoms with Crippen molar-refractivity contribution in [2.45, 2.75) is 19.9 Å². The van der Waals surface area contributed by atoms with Gasteiger partial charge < -0.3 is 15.4 Å². The van der Waals surface area contributed by atoms with Crippen LogP contribution in [0.2, 0.25) is 0 Å². The third kappa shape index (κ3) is 4.03. The predicted octanol–water partition coefficient (Wildman–Crippen LogP) is 2.62. The average molecular weight is 306 g/mol. The van der Waals surface area contributed by atoms with E-state index in [2.05, 4.69) is 48.7 Å². The van der Waals surface area contributed by atoms with Crippen molar-refractivity contribution in [1.82, 2.24) is 10.6 Å². The Morgan fingerprint density at radius 1 is 1.38 bits per heavy atom. The molecule has 0 saturated heterocycles. The summed E-state index contributed by atoms with van der Waals surface area (Å²) < 4.78 is 6.20. The number of benzene rings is 1. The van der Waals surface area contributed by atoms with Crippen LogP contribution < -0.4 is 10.6 Å². The first-order chi connectivity index (χ1) is 10.1. The molecule has 0 aliphatic heterocycles. The molecule has 2 rings (SSSR count). The predicted molar refractivity (Wildman–Crippen MR) is 87.9 cm³/mol. The molecule has 0 spiro atoms. The molecule has 5 heteroatoms. The fraction of sp³-hybridized carbons (Fsp3) is 0.438. The summed E-state index contributed by atoms with van der Waals surface area (Å²) in [4.78, 5) is 13.0. The first kappa shape index (κ1) is 15.9. The Morgan fingerprint density at radius 2 is 2.14 bits per heavy atom. The first-order valence-corrected chi connectivity index (χ1v) is 7.92. The summed E-state index contributed by atoms with van der Waals surface area (Å²) in [6.07, 6.45) is 0. The van der Waals surface area contributed by atoms with Crippen LogP contribution in [0.1, 0.15) is 23.4 Å². The maximum atomic E-state index is 11.7. The molecule has 1 aromatic carbocycles. The summed E-state index contributed by atoms with van der Waals surface area (Å²) in [6, 6.07) is 8.57. The number of nitrogens with one attached hydrogen (secondary N) is 2. The Bertz CT molecular complexity index is 609. The van der Waals surface area contributed by atoms with Crippen LogP contribution in [0.3, 0.4) is 0 Å². The molecule has 2 aromatic rings. The molecule has 0 aliphatic rings. The van der Waals surface area contributed by atoms with E-state index in [9.17, 15) is 4.79 Å². The van der Waals surface area contributed by atoms with Crippen LogP contribution in [-0.4, -0.2) is 32.7 Å². The van der Waals surface area contributed by atoms with Gasteiger partial charge >= 0.3 is 0 Å². The molecule has 0 aliphatic carbocycles. The van der Waals surface area contributed by atoms with Gasteiger partial charge in [-0.3, -0.25) is 4.79 Å². The van der Waals surface area contributed by atoms with E-state index >= 15 is 0 Å². The van der Waals surface area contributed by atoms with Gasteiger partial charge in [0, 0.05) is 29.3 Å². The van der Waals surface area contributed by atoms with Gasteiger partial charge in [0.1, 0.15) is 0 Å². The van der Waals surface area contributed by atoms with Crippen LogP contribution in [-0.2, 0) is 9.53 Å². The molecule has 114 valence electrons. The van der Waals surface area contributed by atoms with Crippen molar-refractivity contribution in [3.05, 3.63) is 34.7 Å². The number of hydrogen-bond acceptors (Lipinski definition) is 4. The highest BCUT2D eigenvalue weighted by Gasteiger charge is 2.14. The van der Waals surface area contributed by atoms with Crippen LogP contribution >= 0.6 is 11.3 Å². The van der Waals surface area contributed by atoms with E-state index in [0.717, 1.165) is 0 Å². The maximum absolute atomic E-state index is 11.7. The Hall–Kier alpha value is -1.43. The number of ether oxygens (including phenoxy) is 1. The van der Waals surface area contributed by atoms with E-state index in [1.54, 1.807) is 18.4 Å². The lowest BCUT2D eigenvalue weighted by molar-refractivity contribution is -0.120. The minimum absolute atomic E-state index is 0.00216. The van der Waals surface area contributed by atoms with Crippen LogP contribution in [0.15, 0.2) is 24.3 Å². The Balaban J connectivity index is 1.94. The van der Waals surface area contributed by atoms with Gasteiger partial charge in [-0.25, -0.2) is 0 Å². The zero-order chi connectivity index (χ0) is 15.2. The summed E-state index contributed by atoms with van der Waals surface area (Å²) >= 11 is 1.79. The number of thiophene rings is 1. The molecule has 2 N–H and O–H groups in total. The summed E-state index contributed by atoms with van der Waals surface area (Å²) in [5, 5.41) is 7.40. The zero-order valence-corrected chi connectivity index (χ0v) is 13.5. The quantitative estimate of drug-likeness (QED) is 0.773. The molecule has 1 unspecified atom stereocenters. The number of fused-ring (bicyclic) bond motifs is 1. The third-order valence-electron chi connectivity index (χ3n) is 3.47. The summed E-state index contributed by atoms with van der Waals surface area (Å²) in [7, 11) is 1.62. The molecule has 0 fully saturated rings. The molecule has 1 aromatic heterocycles. The second-order valence-electron chi connectivity index (χ2n) is 5.03. The molecule has 21 heavy (non-hydrogen) atoms. The molecule has 0 bridgehead atoms.